The first kappa shape index (κ1) is 27.1. The average Bonchev–Trinajstić information content (AvgIpc) is 3.32. The first-order chi connectivity index (χ1) is 19.0. The molecule has 0 amide bonds. The van der Waals surface area contributed by atoms with Crippen molar-refractivity contribution in [3.8, 4) is 0 Å². The zero-order chi connectivity index (χ0) is 28.5. The minimum atomic E-state index is -1.90. The molecule has 12 atom stereocenters. The molecular weight excluding hydrogens is 516 g/mol. The number of aliphatic hydroxyl groups is 3. The topological polar surface area (TPSA) is 144 Å². The molecule has 7 rings (SSSR count). The van der Waals surface area contributed by atoms with Crippen LogP contribution in [0.5, 0.6) is 0 Å². The van der Waals surface area contributed by atoms with Crippen LogP contribution in [-0.2, 0) is 18.9 Å². The number of nitrogens with zero attached hydrogens (tertiary/aromatic N) is 1. The van der Waals surface area contributed by atoms with E-state index in [1.165, 1.54) is 0 Å². The van der Waals surface area contributed by atoms with E-state index in [0.717, 1.165) is 0 Å². The first-order valence-corrected chi connectivity index (χ1v) is 14.6. The lowest BCUT2D eigenvalue weighted by Gasteiger charge is -2.71. The van der Waals surface area contributed by atoms with E-state index in [2.05, 4.69) is 4.90 Å². The van der Waals surface area contributed by atoms with Crippen molar-refractivity contribution in [3.05, 3.63) is 29.8 Å². The van der Waals surface area contributed by atoms with Gasteiger partial charge in [-0.2, -0.15) is 0 Å². The Bertz CT molecular complexity index is 1230. The number of methoxy groups -OCH3 is 3. The van der Waals surface area contributed by atoms with Crippen LogP contribution in [0.3, 0.4) is 0 Å². The van der Waals surface area contributed by atoms with Crippen LogP contribution in [0.1, 0.15) is 49.4 Å². The smallest absolute Gasteiger partial charge is 0.340 e. The molecule has 10 heteroatoms. The Labute approximate surface area is 234 Å². The van der Waals surface area contributed by atoms with Crippen molar-refractivity contribution in [2.75, 3.05) is 40.2 Å². The number of likely N-dealkylation sites (N-methyl/N-ethyl adjacent to an activating group) is 1. The van der Waals surface area contributed by atoms with E-state index in [-0.39, 0.29) is 36.9 Å². The highest BCUT2D eigenvalue weighted by atomic mass is 16.6. The lowest BCUT2D eigenvalue weighted by molar-refractivity contribution is -0.369. The third-order valence-corrected chi connectivity index (χ3v) is 12.4. The SMILES string of the molecule is CCN1C[C@]2(OC(=O)c3ccccc3N)CCC(OC)C34C1[C@@](O)(C[C@@H]32)[C@@]1(O)C[C@H](OC)[C@H]2C[C@@H]4[C@]1(O)C2OC. The molecule has 4 unspecified atom stereocenters. The van der Waals surface area contributed by atoms with Crippen LogP contribution in [0.2, 0.25) is 0 Å². The molecule has 5 aliphatic carbocycles. The Balaban J connectivity index is 1.45. The van der Waals surface area contributed by atoms with Crippen molar-refractivity contribution < 1.29 is 39.1 Å². The van der Waals surface area contributed by atoms with Gasteiger partial charge in [0.2, 0.25) is 0 Å². The van der Waals surface area contributed by atoms with Crippen molar-refractivity contribution in [2.45, 2.75) is 85.8 Å². The minimum absolute atomic E-state index is 0.0966. The van der Waals surface area contributed by atoms with E-state index in [1.54, 1.807) is 45.6 Å². The third-order valence-electron chi connectivity index (χ3n) is 12.4. The van der Waals surface area contributed by atoms with Crippen LogP contribution in [0.15, 0.2) is 24.3 Å². The van der Waals surface area contributed by atoms with E-state index < -0.39 is 51.9 Å². The molecule has 6 fully saturated rings. The highest BCUT2D eigenvalue weighted by molar-refractivity contribution is 5.95. The number of ether oxygens (including phenoxy) is 4. The van der Waals surface area contributed by atoms with Crippen LogP contribution in [0, 0.1) is 23.2 Å². The van der Waals surface area contributed by atoms with Gasteiger partial charge in [0, 0.05) is 63.2 Å². The lowest BCUT2D eigenvalue weighted by Crippen LogP contribution is -2.87. The minimum Gasteiger partial charge on any atom is -0.454 e. The highest BCUT2D eigenvalue weighted by Crippen LogP contribution is 2.80. The summed E-state index contributed by atoms with van der Waals surface area (Å²) >= 11 is 0. The molecule has 220 valence electrons. The second kappa shape index (κ2) is 8.40. The number of nitrogen functional groups attached to an aromatic ring is 1. The van der Waals surface area contributed by atoms with E-state index in [4.69, 9.17) is 24.7 Å². The average molecular weight is 559 g/mol. The molecule has 0 aromatic heterocycles. The van der Waals surface area contributed by atoms with Gasteiger partial charge in [-0.25, -0.2) is 4.79 Å². The van der Waals surface area contributed by atoms with E-state index >= 15 is 0 Å². The Hall–Kier alpha value is -1.79. The molecule has 1 aromatic carbocycles. The monoisotopic (exact) mass is 558 g/mol. The Morgan fingerprint density at radius 2 is 1.82 bits per heavy atom. The lowest BCUT2D eigenvalue weighted by atomic mass is 9.43. The van der Waals surface area contributed by atoms with E-state index in [0.29, 0.717) is 43.6 Å². The van der Waals surface area contributed by atoms with Gasteiger partial charge in [-0.15, -0.1) is 0 Å². The van der Waals surface area contributed by atoms with Gasteiger partial charge in [0.05, 0.1) is 29.9 Å². The van der Waals surface area contributed by atoms with Crippen molar-refractivity contribution in [3.63, 3.8) is 0 Å². The maximum Gasteiger partial charge on any atom is 0.340 e. The summed E-state index contributed by atoms with van der Waals surface area (Å²) in [5, 5.41) is 38.5. The number of carbonyl (C=O) groups is 1. The number of hydrogen-bond donors (Lipinski definition) is 4. The normalized spacial score (nSPS) is 52.0. The third kappa shape index (κ3) is 2.69. The van der Waals surface area contributed by atoms with Gasteiger partial charge in [0.15, 0.2) is 0 Å². The molecule has 1 aromatic rings. The van der Waals surface area contributed by atoms with Crippen LogP contribution in [0.4, 0.5) is 5.69 Å². The van der Waals surface area contributed by atoms with Gasteiger partial charge in [-0.3, -0.25) is 4.90 Å². The van der Waals surface area contributed by atoms with Gasteiger partial charge in [-0.05, 0) is 44.4 Å². The van der Waals surface area contributed by atoms with E-state index in [9.17, 15) is 20.1 Å². The molecule has 5 saturated carbocycles. The predicted octanol–water partition coefficient (Wildman–Crippen LogP) is 0.960. The highest BCUT2D eigenvalue weighted by Gasteiger charge is 2.93. The zero-order valence-corrected chi connectivity index (χ0v) is 23.7. The number of para-hydroxylation sites is 1. The van der Waals surface area contributed by atoms with Gasteiger partial charge in [-0.1, -0.05) is 19.1 Å². The molecule has 7 bridgehead atoms. The summed E-state index contributed by atoms with van der Waals surface area (Å²) in [6.45, 7) is 3.01. The maximum atomic E-state index is 13.7. The molecule has 5 N–H and O–H groups in total. The number of hydrogen-bond acceptors (Lipinski definition) is 10. The molecule has 1 aliphatic heterocycles. The number of rotatable bonds is 6. The second-order valence-corrected chi connectivity index (χ2v) is 13.2. The molecule has 1 heterocycles. The second-order valence-electron chi connectivity index (χ2n) is 13.2. The summed E-state index contributed by atoms with van der Waals surface area (Å²) in [4.78, 5) is 15.9. The standard InChI is InChI=1S/C30H42N2O8/c1-5-32-15-26(40-24(33)16-8-6-7-9-18(16)31)11-10-22(38-3)29-20-12-17-19(37-2)13-28(35,30(20,36)23(17)39-4)27(34,25(29)32)14-21(26)29/h6-9,17,19-23,25,34-36H,5,10-15,31H2,1-4H3/t17-,19+,20+,21-,22?,23?,25?,26-,27+,28+,29?,30+/m1/s1. The molecule has 10 nitrogen and oxygen atoms in total. The summed E-state index contributed by atoms with van der Waals surface area (Å²) in [5.41, 5.74) is -0.285. The van der Waals surface area contributed by atoms with Crippen LogP contribution >= 0.6 is 0 Å². The quantitative estimate of drug-likeness (QED) is 0.294. The molecule has 1 saturated heterocycles. The van der Waals surface area contributed by atoms with E-state index in [1.807, 2.05) is 6.92 Å². The fourth-order valence-corrected chi connectivity index (χ4v) is 11.3. The number of piperidine rings is 1. The summed E-state index contributed by atoms with van der Waals surface area (Å²) < 4.78 is 24.7. The number of esters is 1. The summed E-state index contributed by atoms with van der Waals surface area (Å²) in [6, 6.07) is 6.38. The Morgan fingerprint density at radius 1 is 1.07 bits per heavy atom. The molecule has 6 aliphatic rings. The Kier molecular flexibility index (Phi) is 5.68. The maximum absolute atomic E-state index is 13.7. The van der Waals surface area contributed by atoms with Gasteiger partial charge in [0.1, 0.15) is 22.4 Å². The van der Waals surface area contributed by atoms with Crippen molar-refractivity contribution in [1.29, 1.82) is 0 Å². The summed E-state index contributed by atoms with van der Waals surface area (Å²) in [5.74, 6) is -1.49. The van der Waals surface area contributed by atoms with Crippen molar-refractivity contribution >= 4 is 11.7 Å². The number of nitrogens with two attached hydrogens (primary N) is 1. The summed E-state index contributed by atoms with van der Waals surface area (Å²) in [7, 11) is 4.85. The van der Waals surface area contributed by atoms with Crippen LogP contribution < -0.4 is 5.73 Å². The largest absolute Gasteiger partial charge is 0.454 e. The molecule has 0 radical (unpaired) electrons. The van der Waals surface area contributed by atoms with Gasteiger partial charge in [0.25, 0.3) is 0 Å². The van der Waals surface area contributed by atoms with Crippen molar-refractivity contribution in [1.82, 2.24) is 4.90 Å². The van der Waals surface area contributed by atoms with Crippen LogP contribution in [-0.4, -0.2) is 107 Å². The van der Waals surface area contributed by atoms with Crippen molar-refractivity contribution in [2.24, 2.45) is 23.2 Å². The number of anilines is 1. The molecule has 1 spiro atoms. The molecule has 40 heavy (non-hydrogen) atoms. The van der Waals surface area contributed by atoms with Crippen LogP contribution in [0.25, 0.3) is 0 Å². The summed E-state index contributed by atoms with van der Waals surface area (Å²) in [6.07, 6.45) is 0.509. The first-order valence-electron chi connectivity index (χ1n) is 14.6. The number of benzene rings is 1. The zero-order valence-electron chi connectivity index (χ0n) is 23.7. The predicted molar refractivity (Wildman–Crippen MR) is 143 cm³/mol. The van der Waals surface area contributed by atoms with Gasteiger partial charge < -0.3 is 40.0 Å². The fraction of sp³-hybridized carbons (Fsp3) is 0.767. The number of likely N-dealkylation sites (tertiary alicyclic amines) is 1. The van der Waals surface area contributed by atoms with Gasteiger partial charge >= 0.3 is 5.97 Å². The Morgan fingerprint density at radius 3 is 2.48 bits per heavy atom. The fourth-order valence-electron chi connectivity index (χ4n) is 11.3. The molecular formula is C30H42N2O8. The number of fused-ring (bicyclic) bond motifs is 2. The number of carbonyl (C=O) groups excluding carboxylic acids is 1.